The highest BCUT2D eigenvalue weighted by Gasteiger charge is 2.24. The van der Waals surface area contributed by atoms with Gasteiger partial charge in [-0.05, 0) is 42.7 Å². The second-order valence-electron chi connectivity index (χ2n) is 9.69. The lowest BCUT2D eigenvalue weighted by Gasteiger charge is -2.31. The normalized spacial score (nSPS) is 18.9. The van der Waals surface area contributed by atoms with Gasteiger partial charge in [0.05, 0.1) is 0 Å². The van der Waals surface area contributed by atoms with Crippen LogP contribution in [0.25, 0.3) is 0 Å². The fraction of sp³-hybridized carbons (Fsp3) is 0.692. The van der Waals surface area contributed by atoms with Gasteiger partial charge in [-0.25, -0.2) is 0 Å². The molecule has 3 rings (SSSR count). The van der Waals surface area contributed by atoms with Gasteiger partial charge in [-0.15, -0.1) is 0 Å². The Bertz CT molecular complexity index is 696. The van der Waals surface area contributed by atoms with Crippen LogP contribution in [0, 0.1) is 11.8 Å². The van der Waals surface area contributed by atoms with E-state index in [1.165, 1.54) is 25.7 Å². The van der Waals surface area contributed by atoms with Crippen LogP contribution >= 0.6 is 0 Å². The first-order chi connectivity index (χ1) is 14.5. The molecule has 0 aromatic heterocycles. The molecular formula is C26H40N2O2. The Kier molecular flexibility index (Phi) is 8.77. The van der Waals surface area contributed by atoms with Gasteiger partial charge in [0.1, 0.15) is 0 Å². The monoisotopic (exact) mass is 412 g/mol. The Hall–Kier alpha value is -1.84. The van der Waals surface area contributed by atoms with E-state index < -0.39 is 0 Å². The third kappa shape index (κ3) is 6.58. The van der Waals surface area contributed by atoms with Gasteiger partial charge in [0.25, 0.3) is 0 Å². The maximum atomic E-state index is 13.1. The summed E-state index contributed by atoms with van der Waals surface area (Å²) in [6.07, 6.45) is 11.8. The minimum atomic E-state index is 0.206. The first-order valence-electron chi connectivity index (χ1n) is 12.2. The fourth-order valence-electron chi connectivity index (χ4n) is 4.61. The predicted octanol–water partition coefficient (Wildman–Crippen LogP) is 5.94. The van der Waals surface area contributed by atoms with E-state index in [-0.39, 0.29) is 11.8 Å². The van der Waals surface area contributed by atoms with Gasteiger partial charge in [-0.1, -0.05) is 70.6 Å². The van der Waals surface area contributed by atoms with E-state index in [1.54, 1.807) is 0 Å². The molecule has 0 N–H and O–H groups in total. The number of para-hydroxylation sites is 1. The van der Waals surface area contributed by atoms with Crippen LogP contribution in [0.1, 0.15) is 90.0 Å². The summed E-state index contributed by atoms with van der Waals surface area (Å²) in [5.74, 6) is 1.60. The number of anilines is 1. The third-order valence-corrected chi connectivity index (χ3v) is 6.68. The molecule has 1 aromatic carbocycles. The lowest BCUT2D eigenvalue weighted by molar-refractivity contribution is -0.132. The van der Waals surface area contributed by atoms with Crippen molar-refractivity contribution in [2.45, 2.75) is 91.0 Å². The van der Waals surface area contributed by atoms with E-state index in [0.717, 1.165) is 62.4 Å². The molecule has 2 amide bonds. The van der Waals surface area contributed by atoms with Crippen molar-refractivity contribution in [2.75, 3.05) is 18.0 Å². The van der Waals surface area contributed by atoms with Crippen LogP contribution in [-0.2, 0) is 16.1 Å². The molecule has 1 fully saturated rings. The highest BCUT2D eigenvalue weighted by molar-refractivity contribution is 5.94. The van der Waals surface area contributed by atoms with Crippen molar-refractivity contribution in [3.63, 3.8) is 0 Å². The third-order valence-electron chi connectivity index (χ3n) is 6.68. The second-order valence-corrected chi connectivity index (χ2v) is 9.69. The highest BCUT2D eigenvalue weighted by Crippen LogP contribution is 2.31. The van der Waals surface area contributed by atoms with Crippen LogP contribution in [0.5, 0.6) is 0 Å². The summed E-state index contributed by atoms with van der Waals surface area (Å²) in [6, 6.07) is 8.22. The van der Waals surface area contributed by atoms with Gasteiger partial charge in [-0.3, -0.25) is 9.59 Å². The summed E-state index contributed by atoms with van der Waals surface area (Å²) < 4.78 is 0. The van der Waals surface area contributed by atoms with Crippen molar-refractivity contribution in [3.8, 4) is 0 Å². The van der Waals surface area contributed by atoms with Gasteiger partial charge < -0.3 is 9.80 Å². The molecule has 1 aliphatic heterocycles. The molecule has 0 spiro atoms. The molecular weight excluding hydrogens is 372 g/mol. The first-order valence-corrected chi connectivity index (χ1v) is 12.2. The van der Waals surface area contributed by atoms with Crippen LogP contribution in [-0.4, -0.2) is 29.8 Å². The molecule has 0 unspecified atom stereocenters. The Morgan fingerprint density at radius 3 is 2.33 bits per heavy atom. The molecule has 1 saturated carbocycles. The van der Waals surface area contributed by atoms with Gasteiger partial charge in [0, 0.05) is 38.2 Å². The van der Waals surface area contributed by atoms with Gasteiger partial charge in [0.2, 0.25) is 11.8 Å². The smallest absolute Gasteiger partial charge is 0.227 e. The quantitative estimate of drug-likeness (QED) is 0.600. The van der Waals surface area contributed by atoms with Crippen molar-refractivity contribution < 1.29 is 9.59 Å². The second kappa shape index (κ2) is 11.5. The molecule has 0 saturated heterocycles. The molecule has 166 valence electrons. The van der Waals surface area contributed by atoms with Crippen molar-refractivity contribution in [2.24, 2.45) is 11.8 Å². The molecule has 1 heterocycles. The lowest BCUT2D eigenvalue weighted by Crippen LogP contribution is -2.36. The Balaban J connectivity index is 1.79. The zero-order chi connectivity index (χ0) is 21.3. The van der Waals surface area contributed by atoms with Crippen LogP contribution < -0.4 is 4.90 Å². The summed E-state index contributed by atoms with van der Waals surface area (Å²) in [4.78, 5) is 30.2. The fourth-order valence-corrected chi connectivity index (χ4v) is 4.61. The average molecular weight is 413 g/mol. The van der Waals surface area contributed by atoms with E-state index >= 15 is 0 Å². The van der Waals surface area contributed by atoms with Crippen LogP contribution in [0.15, 0.2) is 24.3 Å². The summed E-state index contributed by atoms with van der Waals surface area (Å²) in [5.41, 5.74) is 2.10. The number of nitrogens with zero attached hydrogens (tertiary/aromatic N) is 2. The maximum absolute atomic E-state index is 13.1. The van der Waals surface area contributed by atoms with E-state index in [4.69, 9.17) is 0 Å². The van der Waals surface area contributed by atoms with Crippen LogP contribution in [0.2, 0.25) is 0 Å². The minimum Gasteiger partial charge on any atom is -0.338 e. The lowest BCUT2D eigenvalue weighted by atomic mass is 9.82. The Morgan fingerprint density at radius 1 is 0.933 bits per heavy atom. The molecule has 4 nitrogen and oxygen atoms in total. The largest absolute Gasteiger partial charge is 0.338 e. The zero-order valence-corrected chi connectivity index (χ0v) is 19.1. The van der Waals surface area contributed by atoms with Gasteiger partial charge >= 0.3 is 0 Å². The van der Waals surface area contributed by atoms with Crippen molar-refractivity contribution in [1.29, 1.82) is 0 Å². The number of hydrogen-bond donors (Lipinski definition) is 0. The number of carbonyl (C=O) groups excluding carboxylic acids is 2. The molecule has 0 radical (unpaired) electrons. The highest BCUT2D eigenvalue weighted by atomic mass is 16.2. The standard InChI is InChI=1S/C26H40N2O2/c1-21(2)19-26(30)28-18-9-5-3-4-8-17-27(20-23-13-6-7-14-24(23)28)25(29)16-15-22-11-10-12-22/h6-7,13-14,21-22H,3-5,8-12,15-20H2,1-2H3. The Morgan fingerprint density at radius 2 is 1.63 bits per heavy atom. The Labute approximate surface area is 183 Å². The molecule has 4 heteroatoms. The van der Waals surface area contributed by atoms with E-state index in [9.17, 15) is 9.59 Å². The van der Waals surface area contributed by atoms with Crippen molar-refractivity contribution in [3.05, 3.63) is 29.8 Å². The summed E-state index contributed by atoms with van der Waals surface area (Å²) in [6.45, 7) is 6.42. The number of fused-ring (bicyclic) bond motifs is 1. The number of rotatable bonds is 5. The topological polar surface area (TPSA) is 40.6 Å². The number of hydrogen-bond acceptors (Lipinski definition) is 2. The molecule has 2 aliphatic rings. The zero-order valence-electron chi connectivity index (χ0n) is 19.1. The van der Waals surface area contributed by atoms with Gasteiger partial charge in [0.15, 0.2) is 0 Å². The summed E-state index contributed by atoms with van der Waals surface area (Å²) in [7, 11) is 0. The van der Waals surface area contributed by atoms with Crippen molar-refractivity contribution >= 4 is 17.5 Å². The number of benzene rings is 1. The van der Waals surface area contributed by atoms with Gasteiger partial charge in [-0.2, -0.15) is 0 Å². The number of amides is 2. The van der Waals surface area contributed by atoms with E-state index in [2.05, 4.69) is 30.9 Å². The average Bonchev–Trinajstić information content (AvgIpc) is 2.66. The van der Waals surface area contributed by atoms with E-state index in [1.807, 2.05) is 17.0 Å². The summed E-state index contributed by atoms with van der Waals surface area (Å²) >= 11 is 0. The summed E-state index contributed by atoms with van der Waals surface area (Å²) in [5, 5.41) is 0. The predicted molar refractivity (Wildman–Crippen MR) is 123 cm³/mol. The molecule has 0 bridgehead atoms. The molecule has 1 aromatic rings. The molecule has 30 heavy (non-hydrogen) atoms. The van der Waals surface area contributed by atoms with Crippen molar-refractivity contribution in [1.82, 2.24) is 4.90 Å². The molecule has 0 atom stereocenters. The SMILES string of the molecule is CC(C)CC(=O)N1CCCCCCCN(C(=O)CCC2CCC2)Cc2ccccc21. The first kappa shape index (κ1) is 22.8. The maximum Gasteiger partial charge on any atom is 0.227 e. The van der Waals surface area contributed by atoms with Crippen LogP contribution in [0.4, 0.5) is 5.69 Å². The minimum absolute atomic E-state index is 0.206. The van der Waals surface area contributed by atoms with Crippen LogP contribution in [0.3, 0.4) is 0 Å². The van der Waals surface area contributed by atoms with E-state index in [0.29, 0.717) is 25.3 Å². The molecule has 1 aliphatic carbocycles. The number of carbonyl (C=O) groups is 2.